The number of ether oxygens (including phenoxy) is 1. The second-order valence-corrected chi connectivity index (χ2v) is 5.18. The molecular weight excluding hydrogens is 316 g/mol. The van der Waals surface area contributed by atoms with E-state index in [1.165, 1.54) is 0 Å². The first-order valence-electron chi connectivity index (χ1n) is 5.48. The molecule has 0 spiro atoms. The van der Waals surface area contributed by atoms with Crippen LogP contribution in [-0.4, -0.2) is 5.11 Å². The van der Waals surface area contributed by atoms with Crippen LogP contribution in [0.25, 0.3) is 0 Å². The third-order valence-corrected chi connectivity index (χ3v) is 3.34. The number of aliphatic hydroxyl groups is 1. The highest BCUT2D eigenvalue weighted by atomic mass is 79.9. The van der Waals surface area contributed by atoms with Crippen molar-refractivity contribution in [3.8, 4) is 11.5 Å². The van der Waals surface area contributed by atoms with Gasteiger partial charge in [-0.3, -0.25) is 0 Å². The van der Waals surface area contributed by atoms with Crippen LogP contribution in [-0.2, 0) is 0 Å². The number of halogens is 2. The zero-order valence-electron chi connectivity index (χ0n) is 9.73. The summed E-state index contributed by atoms with van der Waals surface area (Å²) in [7, 11) is 0. The summed E-state index contributed by atoms with van der Waals surface area (Å²) in [4.78, 5) is 0. The first-order chi connectivity index (χ1) is 8.58. The standard InChI is InChI=1S/C14H12BrClO2/c1-9(17)11-4-2-3-5-13(11)18-14-7-6-10(16)8-12(14)15/h2-9,17H,1H3. The molecule has 0 aliphatic heterocycles. The van der Waals surface area contributed by atoms with Crippen LogP contribution in [0.2, 0.25) is 5.02 Å². The van der Waals surface area contributed by atoms with E-state index in [1.54, 1.807) is 25.1 Å². The molecule has 0 saturated heterocycles. The predicted molar refractivity (Wildman–Crippen MR) is 76.3 cm³/mol. The van der Waals surface area contributed by atoms with Gasteiger partial charge in [0.15, 0.2) is 0 Å². The van der Waals surface area contributed by atoms with Crippen molar-refractivity contribution in [3.05, 3.63) is 57.5 Å². The highest BCUT2D eigenvalue weighted by Gasteiger charge is 2.10. The van der Waals surface area contributed by atoms with Crippen LogP contribution in [0, 0.1) is 0 Å². The Kier molecular flexibility index (Phi) is 4.27. The number of hydrogen-bond donors (Lipinski definition) is 1. The Labute approximate surface area is 119 Å². The summed E-state index contributed by atoms with van der Waals surface area (Å²) in [6.07, 6.45) is -0.577. The van der Waals surface area contributed by atoms with Gasteiger partial charge < -0.3 is 9.84 Å². The fourth-order valence-corrected chi connectivity index (χ4v) is 2.36. The minimum atomic E-state index is -0.577. The first-order valence-corrected chi connectivity index (χ1v) is 6.65. The van der Waals surface area contributed by atoms with Crippen molar-refractivity contribution in [2.45, 2.75) is 13.0 Å². The molecule has 0 aliphatic carbocycles. The monoisotopic (exact) mass is 326 g/mol. The normalized spacial score (nSPS) is 12.2. The Hall–Kier alpha value is -1.03. The van der Waals surface area contributed by atoms with Crippen molar-refractivity contribution in [2.24, 2.45) is 0 Å². The maximum Gasteiger partial charge on any atom is 0.141 e. The molecule has 1 atom stereocenters. The van der Waals surface area contributed by atoms with Crippen molar-refractivity contribution >= 4 is 27.5 Å². The number of hydrogen-bond acceptors (Lipinski definition) is 2. The van der Waals surface area contributed by atoms with Gasteiger partial charge in [-0.25, -0.2) is 0 Å². The van der Waals surface area contributed by atoms with Crippen LogP contribution < -0.4 is 4.74 Å². The highest BCUT2D eigenvalue weighted by Crippen LogP contribution is 2.34. The molecule has 4 heteroatoms. The molecule has 2 aromatic rings. The highest BCUT2D eigenvalue weighted by molar-refractivity contribution is 9.10. The minimum Gasteiger partial charge on any atom is -0.456 e. The predicted octanol–water partition coefficient (Wildman–Crippen LogP) is 4.95. The van der Waals surface area contributed by atoms with Gasteiger partial charge in [-0.1, -0.05) is 29.8 Å². The lowest BCUT2D eigenvalue weighted by molar-refractivity contribution is 0.195. The topological polar surface area (TPSA) is 29.5 Å². The van der Waals surface area contributed by atoms with E-state index in [0.717, 1.165) is 10.0 Å². The molecular formula is C14H12BrClO2. The van der Waals surface area contributed by atoms with E-state index in [9.17, 15) is 5.11 Å². The quantitative estimate of drug-likeness (QED) is 0.864. The van der Waals surface area contributed by atoms with E-state index in [1.807, 2.05) is 24.3 Å². The van der Waals surface area contributed by atoms with Gasteiger partial charge in [-0.2, -0.15) is 0 Å². The zero-order chi connectivity index (χ0) is 13.1. The maximum atomic E-state index is 9.68. The molecule has 94 valence electrons. The van der Waals surface area contributed by atoms with Gasteiger partial charge in [0.25, 0.3) is 0 Å². The smallest absolute Gasteiger partial charge is 0.141 e. The second-order valence-electron chi connectivity index (χ2n) is 3.89. The molecule has 2 nitrogen and oxygen atoms in total. The lowest BCUT2D eigenvalue weighted by Gasteiger charge is -2.13. The van der Waals surface area contributed by atoms with Gasteiger partial charge in [0, 0.05) is 10.6 Å². The molecule has 18 heavy (non-hydrogen) atoms. The van der Waals surface area contributed by atoms with E-state index < -0.39 is 6.10 Å². The van der Waals surface area contributed by atoms with Gasteiger partial charge in [-0.15, -0.1) is 0 Å². The molecule has 1 N–H and O–H groups in total. The number of para-hydroxylation sites is 1. The largest absolute Gasteiger partial charge is 0.456 e. The van der Waals surface area contributed by atoms with Crippen LogP contribution in [0.5, 0.6) is 11.5 Å². The van der Waals surface area contributed by atoms with Crippen molar-refractivity contribution in [3.63, 3.8) is 0 Å². The molecule has 2 aromatic carbocycles. The van der Waals surface area contributed by atoms with Gasteiger partial charge in [0.05, 0.1) is 10.6 Å². The van der Waals surface area contributed by atoms with Crippen molar-refractivity contribution in [1.29, 1.82) is 0 Å². The van der Waals surface area contributed by atoms with Crippen LogP contribution >= 0.6 is 27.5 Å². The lowest BCUT2D eigenvalue weighted by Crippen LogP contribution is -1.96. The van der Waals surface area contributed by atoms with E-state index in [4.69, 9.17) is 16.3 Å². The van der Waals surface area contributed by atoms with Crippen molar-refractivity contribution < 1.29 is 9.84 Å². The molecule has 0 saturated carbocycles. The molecule has 2 rings (SSSR count). The molecule has 0 fully saturated rings. The third kappa shape index (κ3) is 3.05. The molecule has 1 unspecified atom stereocenters. The summed E-state index contributed by atoms with van der Waals surface area (Å²) >= 11 is 9.27. The number of rotatable bonds is 3. The number of benzene rings is 2. The average molecular weight is 328 g/mol. The van der Waals surface area contributed by atoms with E-state index in [2.05, 4.69) is 15.9 Å². The average Bonchev–Trinajstić information content (AvgIpc) is 2.33. The Morgan fingerprint density at radius 3 is 2.56 bits per heavy atom. The van der Waals surface area contributed by atoms with Crippen molar-refractivity contribution in [2.75, 3.05) is 0 Å². The van der Waals surface area contributed by atoms with E-state index in [0.29, 0.717) is 16.5 Å². The molecule has 0 bridgehead atoms. The maximum absolute atomic E-state index is 9.68. The lowest BCUT2D eigenvalue weighted by atomic mass is 10.1. The zero-order valence-corrected chi connectivity index (χ0v) is 12.1. The van der Waals surface area contributed by atoms with Crippen LogP contribution in [0.3, 0.4) is 0 Å². The van der Waals surface area contributed by atoms with Crippen LogP contribution in [0.4, 0.5) is 0 Å². The Bertz CT molecular complexity index is 555. The van der Waals surface area contributed by atoms with Gasteiger partial charge in [-0.05, 0) is 47.1 Å². The molecule has 0 aromatic heterocycles. The Morgan fingerprint density at radius 1 is 1.17 bits per heavy atom. The second kappa shape index (κ2) is 5.74. The number of aliphatic hydroxyl groups excluding tert-OH is 1. The molecule has 0 aliphatic rings. The fourth-order valence-electron chi connectivity index (χ4n) is 1.60. The minimum absolute atomic E-state index is 0.577. The summed E-state index contributed by atoms with van der Waals surface area (Å²) in [5, 5.41) is 10.3. The van der Waals surface area contributed by atoms with Gasteiger partial charge in [0.1, 0.15) is 11.5 Å². The first kappa shape index (κ1) is 13.4. The summed E-state index contributed by atoms with van der Waals surface area (Å²) in [5.74, 6) is 1.29. The Morgan fingerprint density at radius 2 is 1.89 bits per heavy atom. The SMILES string of the molecule is CC(O)c1ccccc1Oc1ccc(Cl)cc1Br. The van der Waals surface area contributed by atoms with Crippen molar-refractivity contribution in [1.82, 2.24) is 0 Å². The van der Waals surface area contributed by atoms with Crippen LogP contribution in [0.1, 0.15) is 18.6 Å². The fraction of sp³-hybridized carbons (Fsp3) is 0.143. The molecule has 0 heterocycles. The van der Waals surface area contributed by atoms with E-state index >= 15 is 0 Å². The summed E-state index contributed by atoms with van der Waals surface area (Å²) < 4.78 is 6.56. The van der Waals surface area contributed by atoms with Gasteiger partial charge >= 0.3 is 0 Å². The third-order valence-electron chi connectivity index (χ3n) is 2.48. The molecule has 0 radical (unpaired) electrons. The Balaban J connectivity index is 2.34. The summed E-state index contributed by atoms with van der Waals surface area (Å²) in [6, 6.07) is 12.7. The summed E-state index contributed by atoms with van der Waals surface area (Å²) in [5.41, 5.74) is 0.749. The van der Waals surface area contributed by atoms with Crippen LogP contribution in [0.15, 0.2) is 46.9 Å². The van der Waals surface area contributed by atoms with E-state index in [-0.39, 0.29) is 0 Å². The van der Waals surface area contributed by atoms with Gasteiger partial charge in [0.2, 0.25) is 0 Å². The molecule has 0 amide bonds. The summed E-state index contributed by atoms with van der Waals surface area (Å²) in [6.45, 7) is 1.71.